The van der Waals surface area contributed by atoms with E-state index in [4.69, 9.17) is 0 Å². The number of rotatable bonds is 5. The maximum absolute atomic E-state index is 10.4. The molecule has 1 atom stereocenters. The van der Waals surface area contributed by atoms with Crippen LogP contribution >= 0.6 is 0 Å². The van der Waals surface area contributed by atoms with Crippen molar-refractivity contribution in [2.75, 3.05) is 0 Å². The van der Waals surface area contributed by atoms with Crippen LogP contribution in [-0.2, 0) is 9.59 Å². The third kappa shape index (κ3) is 4.01. The van der Waals surface area contributed by atoms with E-state index in [-0.39, 0.29) is 11.7 Å². The van der Waals surface area contributed by atoms with Crippen LogP contribution in [-0.4, -0.2) is 12.1 Å². The van der Waals surface area contributed by atoms with Crippen molar-refractivity contribution in [1.29, 1.82) is 0 Å². The predicted molar refractivity (Wildman–Crippen MR) is 39.7 cm³/mol. The van der Waals surface area contributed by atoms with Crippen molar-refractivity contribution in [3.05, 3.63) is 12.7 Å². The molecule has 56 valence electrons. The Labute approximate surface area is 60.9 Å². The first-order valence-electron chi connectivity index (χ1n) is 3.28. The van der Waals surface area contributed by atoms with Crippen LogP contribution in [0.2, 0.25) is 0 Å². The summed E-state index contributed by atoms with van der Waals surface area (Å²) in [5.74, 6) is -0.0300. The normalized spacial score (nSPS) is 12.1. The van der Waals surface area contributed by atoms with Crippen molar-refractivity contribution >= 4 is 12.1 Å². The molecule has 0 saturated carbocycles. The number of hydrogen-bond donors (Lipinski definition) is 0. The van der Waals surface area contributed by atoms with Gasteiger partial charge in [0.15, 0.2) is 0 Å². The van der Waals surface area contributed by atoms with Crippen molar-refractivity contribution in [3.8, 4) is 0 Å². The van der Waals surface area contributed by atoms with Gasteiger partial charge in [-0.25, -0.2) is 0 Å². The van der Waals surface area contributed by atoms with Gasteiger partial charge in [0.05, 0.1) is 0 Å². The monoisotopic (exact) mass is 140 g/mol. The Balaban J connectivity index is 3.54. The number of Topliss-reactive ketones (excluding diaryl/α,β-unsaturated/α-hetero) is 1. The topological polar surface area (TPSA) is 34.1 Å². The van der Waals surface area contributed by atoms with Crippen LogP contribution in [0.3, 0.4) is 0 Å². The fourth-order valence-electron chi connectivity index (χ4n) is 0.611. The summed E-state index contributed by atoms with van der Waals surface area (Å²) in [6.45, 7) is 4.99. The molecule has 2 nitrogen and oxygen atoms in total. The number of aldehydes is 1. The van der Waals surface area contributed by atoms with Gasteiger partial charge in [-0.15, -0.1) is 6.58 Å². The molecule has 0 aliphatic rings. The Morgan fingerprint density at radius 2 is 2.30 bits per heavy atom. The molecule has 0 spiro atoms. The molecule has 1 unspecified atom stereocenters. The lowest BCUT2D eigenvalue weighted by Gasteiger charge is -1.99. The number of ketones is 1. The Hall–Kier alpha value is -0.920. The fourth-order valence-corrected chi connectivity index (χ4v) is 0.611. The zero-order valence-corrected chi connectivity index (χ0v) is 6.17. The molecule has 0 heterocycles. The highest BCUT2D eigenvalue weighted by atomic mass is 16.1. The number of carbonyl (C=O) groups is 2. The van der Waals surface area contributed by atoms with E-state index in [1.165, 1.54) is 6.92 Å². The highest BCUT2D eigenvalue weighted by Crippen LogP contribution is 2.03. The Morgan fingerprint density at radius 3 is 2.60 bits per heavy atom. The van der Waals surface area contributed by atoms with E-state index in [0.717, 1.165) is 6.29 Å². The van der Waals surface area contributed by atoms with E-state index in [1.54, 1.807) is 6.08 Å². The van der Waals surface area contributed by atoms with Gasteiger partial charge in [0.25, 0.3) is 0 Å². The van der Waals surface area contributed by atoms with Crippen LogP contribution in [0.4, 0.5) is 0 Å². The Bertz CT molecular complexity index is 130. The standard InChI is InChI=1S/C8H12O2/c1-3-8(6-9)5-4-7(2)10/h3,6,8H,1,4-5H2,2H3. The van der Waals surface area contributed by atoms with Gasteiger partial charge in [-0.2, -0.15) is 0 Å². The summed E-state index contributed by atoms with van der Waals surface area (Å²) >= 11 is 0. The molecule has 0 N–H and O–H groups in total. The largest absolute Gasteiger partial charge is 0.303 e. The Kier molecular flexibility index (Phi) is 4.46. The van der Waals surface area contributed by atoms with E-state index in [9.17, 15) is 9.59 Å². The van der Waals surface area contributed by atoms with Crippen molar-refractivity contribution < 1.29 is 9.59 Å². The molecule has 0 aromatic carbocycles. The molecule has 0 fully saturated rings. The number of carbonyl (C=O) groups excluding carboxylic acids is 2. The SMILES string of the molecule is C=CC(C=O)CCC(C)=O. The maximum Gasteiger partial charge on any atom is 0.129 e. The van der Waals surface area contributed by atoms with Crippen LogP contribution in [0, 0.1) is 5.92 Å². The first-order valence-corrected chi connectivity index (χ1v) is 3.28. The number of hydrogen-bond acceptors (Lipinski definition) is 2. The summed E-state index contributed by atoms with van der Waals surface area (Å²) in [7, 11) is 0. The molecule has 0 aromatic heterocycles. The summed E-state index contributed by atoms with van der Waals surface area (Å²) in [6, 6.07) is 0. The first kappa shape index (κ1) is 9.08. The fraction of sp³-hybridized carbons (Fsp3) is 0.500. The van der Waals surface area contributed by atoms with E-state index in [0.29, 0.717) is 12.8 Å². The van der Waals surface area contributed by atoms with Crippen LogP contribution in [0.15, 0.2) is 12.7 Å². The van der Waals surface area contributed by atoms with Crippen molar-refractivity contribution in [1.82, 2.24) is 0 Å². The van der Waals surface area contributed by atoms with E-state index in [1.807, 2.05) is 0 Å². The molecule has 0 bridgehead atoms. The van der Waals surface area contributed by atoms with Crippen molar-refractivity contribution in [3.63, 3.8) is 0 Å². The molecular formula is C8H12O2. The Morgan fingerprint density at radius 1 is 1.70 bits per heavy atom. The van der Waals surface area contributed by atoms with Gasteiger partial charge in [0.2, 0.25) is 0 Å². The summed E-state index contributed by atoms with van der Waals surface area (Å²) in [4.78, 5) is 20.6. The van der Waals surface area contributed by atoms with E-state index < -0.39 is 0 Å². The zero-order chi connectivity index (χ0) is 7.98. The molecule has 2 heteroatoms. The third-order valence-electron chi connectivity index (χ3n) is 1.31. The van der Waals surface area contributed by atoms with Crippen molar-refractivity contribution in [2.24, 2.45) is 5.92 Å². The molecule has 10 heavy (non-hydrogen) atoms. The molecule has 0 saturated heterocycles. The van der Waals surface area contributed by atoms with Gasteiger partial charge in [-0.05, 0) is 13.3 Å². The molecule has 0 aliphatic carbocycles. The van der Waals surface area contributed by atoms with Gasteiger partial charge in [0, 0.05) is 12.3 Å². The minimum Gasteiger partial charge on any atom is -0.303 e. The van der Waals surface area contributed by atoms with Crippen LogP contribution in [0.5, 0.6) is 0 Å². The average molecular weight is 140 g/mol. The van der Waals surface area contributed by atoms with Crippen LogP contribution in [0.25, 0.3) is 0 Å². The van der Waals surface area contributed by atoms with Crippen molar-refractivity contribution in [2.45, 2.75) is 19.8 Å². The minimum absolute atomic E-state index is 0.119. The second-order valence-electron chi connectivity index (χ2n) is 2.28. The molecule has 0 aliphatic heterocycles. The summed E-state index contributed by atoms with van der Waals surface area (Å²) in [5.41, 5.74) is 0. The quantitative estimate of drug-likeness (QED) is 0.426. The molecule has 0 aromatic rings. The lowest BCUT2D eigenvalue weighted by Crippen LogP contribution is -2.00. The summed E-state index contributed by atoms with van der Waals surface area (Å²) in [5, 5.41) is 0. The highest BCUT2D eigenvalue weighted by Gasteiger charge is 2.02. The van der Waals surface area contributed by atoms with Crippen LogP contribution < -0.4 is 0 Å². The average Bonchev–Trinajstić information content (AvgIpc) is 1.90. The second kappa shape index (κ2) is 4.91. The predicted octanol–water partition coefficient (Wildman–Crippen LogP) is 1.36. The molecular weight excluding hydrogens is 128 g/mol. The minimum atomic E-state index is -0.149. The lowest BCUT2D eigenvalue weighted by molar-refractivity contribution is -0.117. The van der Waals surface area contributed by atoms with Crippen LogP contribution in [0.1, 0.15) is 19.8 Å². The van der Waals surface area contributed by atoms with Gasteiger partial charge in [-0.3, -0.25) is 0 Å². The summed E-state index contributed by atoms with van der Waals surface area (Å²) in [6.07, 6.45) is 3.45. The molecule has 0 rings (SSSR count). The first-order chi connectivity index (χ1) is 4.70. The smallest absolute Gasteiger partial charge is 0.129 e. The maximum atomic E-state index is 10.4. The lowest BCUT2D eigenvalue weighted by atomic mass is 10.0. The molecule has 0 amide bonds. The van der Waals surface area contributed by atoms with E-state index in [2.05, 4.69) is 6.58 Å². The van der Waals surface area contributed by atoms with Gasteiger partial charge >= 0.3 is 0 Å². The number of allylic oxidation sites excluding steroid dienone is 1. The van der Waals surface area contributed by atoms with E-state index >= 15 is 0 Å². The highest BCUT2D eigenvalue weighted by molar-refractivity contribution is 5.75. The zero-order valence-electron chi connectivity index (χ0n) is 6.17. The van der Waals surface area contributed by atoms with Gasteiger partial charge in [-0.1, -0.05) is 6.08 Å². The van der Waals surface area contributed by atoms with Gasteiger partial charge in [0.1, 0.15) is 12.1 Å². The summed E-state index contributed by atoms with van der Waals surface area (Å²) < 4.78 is 0. The third-order valence-corrected chi connectivity index (χ3v) is 1.31. The second-order valence-corrected chi connectivity index (χ2v) is 2.28. The molecule has 0 radical (unpaired) electrons. The van der Waals surface area contributed by atoms with Gasteiger partial charge < -0.3 is 9.59 Å².